The van der Waals surface area contributed by atoms with Crippen molar-refractivity contribution in [3.8, 4) is 0 Å². The Morgan fingerprint density at radius 3 is 2.76 bits per heavy atom. The largest absolute Gasteiger partial charge is 0.481 e. The average Bonchev–Trinajstić information content (AvgIpc) is 2.39. The second-order valence-corrected chi connectivity index (χ2v) is 6.48. The first-order valence-corrected chi connectivity index (χ1v) is 8.21. The number of carboxylic acids is 1. The average molecular weight is 350 g/mol. The minimum atomic E-state index is -0.820. The third-order valence-corrected chi connectivity index (χ3v) is 4.42. The van der Waals surface area contributed by atoms with Crippen molar-refractivity contribution < 1.29 is 14.7 Å². The third-order valence-electron chi connectivity index (χ3n) is 2.69. The standard InChI is InChI=1S/C14H17Cl2NO3S/c1-9(3-2-4-14(19)20)17-13(18)8-21-12-7-10(15)5-6-11(12)16/h5-7,9H,2-4,8H2,1H3,(H,17,18)(H,19,20). The van der Waals surface area contributed by atoms with Crippen LogP contribution in [-0.4, -0.2) is 28.8 Å². The molecule has 1 amide bonds. The summed E-state index contributed by atoms with van der Waals surface area (Å²) in [7, 11) is 0. The Morgan fingerprint density at radius 1 is 1.38 bits per heavy atom. The number of hydrogen-bond donors (Lipinski definition) is 2. The number of nitrogens with one attached hydrogen (secondary N) is 1. The number of rotatable bonds is 8. The van der Waals surface area contributed by atoms with Gasteiger partial charge in [0.15, 0.2) is 0 Å². The molecule has 0 aromatic heterocycles. The fraction of sp³-hybridized carbons (Fsp3) is 0.429. The summed E-state index contributed by atoms with van der Waals surface area (Å²) in [5, 5.41) is 12.5. The molecule has 0 heterocycles. The molecule has 1 atom stereocenters. The first-order chi connectivity index (χ1) is 9.88. The molecule has 0 aliphatic heterocycles. The predicted octanol–water partition coefficient (Wildman–Crippen LogP) is 3.85. The number of halogens is 2. The summed E-state index contributed by atoms with van der Waals surface area (Å²) in [4.78, 5) is 23.0. The maximum absolute atomic E-state index is 11.8. The van der Waals surface area contributed by atoms with E-state index in [1.54, 1.807) is 18.2 Å². The first kappa shape index (κ1) is 18.1. The van der Waals surface area contributed by atoms with Crippen LogP contribution in [0.1, 0.15) is 26.2 Å². The van der Waals surface area contributed by atoms with Crippen LogP contribution in [-0.2, 0) is 9.59 Å². The van der Waals surface area contributed by atoms with Crippen LogP contribution in [0.25, 0.3) is 0 Å². The van der Waals surface area contributed by atoms with Crippen LogP contribution in [0.5, 0.6) is 0 Å². The topological polar surface area (TPSA) is 66.4 Å². The fourth-order valence-corrected chi connectivity index (χ4v) is 2.98. The van der Waals surface area contributed by atoms with Crippen LogP contribution in [0.4, 0.5) is 0 Å². The zero-order valence-electron chi connectivity index (χ0n) is 11.6. The molecule has 0 spiro atoms. The molecule has 116 valence electrons. The van der Waals surface area contributed by atoms with Gasteiger partial charge < -0.3 is 10.4 Å². The zero-order valence-corrected chi connectivity index (χ0v) is 13.9. The number of carboxylic acid groups (broad SMARTS) is 1. The lowest BCUT2D eigenvalue weighted by Crippen LogP contribution is -2.33. The molecule has 0 fully saturated rings. The molecule has 0 saturated heterocycles. The molecule has 7 heteroatoms. The van der Waals surface area contributed by atoms with Gasteiger partial charge in [0.25, 0.3) is 0 Å². The number of hydrogen-bond acceptors (Lipinski definition) is 3. The molecule has 0 saturated carbocycles. The van der Waals surface area contributed by atoms with Gasteiger partial charge in [-0.25, -0.2) is 0 Å². The SMILES string of the molecule is CC(CCCC(=O)O)NC(=O)CSc1cc(Cl)ccc1Cl. The van der Waals surface area contributed by atoms with Crippen molar-refractivity contribution in [2.75, 3.05) is 5.75 Å². The molecular weight excluding hydrogens is 333 g/mol. The molecule has 0 aliphatic rings. The number of thioether (sulfide) groups is 1. The van der Waals surface area contributed by atoms with Gasteiger partial charge in [0, 0.05) is 22.4 Å². The van der Waals surface area contributed by atoms with E-state index in [-0.39, 0.29) is 24.1 Å². The van der Waals surface area contributed by atoms with E-state index in [2.05, 4.69) is 5.32 Å². The summed E-state index contributed by atoms with van der Waals surface area (Å²) in [6.07, 6.45) is 1.30. The molecule has 1 rings (SSSR count). The van der Waals surface area contributed by atoms with Gasteiger partial charge in [-0.1, -0.05) is 23.2 Å². The lowest BCUT2D eigenvalue weighted by molar-refractivity contribution is -0.137. The number of benzene rings is 1. The second-order valence-electron chi connectivity index (χ2n) is 4.62. The van der Waals surface area contributed by atoms with E-state index in [1.165, 1.54) is 11.8 Å². The predicted molar refractivity (Wildman–Crippen MR) is 86.3 cm³/mol. The Bertz CT molecular complexity index is 511. The van der Waals surface area contributed by atoms with E-state index in [9.17, 15) is 9.59 Å². The van der Waals surface area contributed by atoms with Crippen molar-refractivity contribution in [1.29, 1.82) is 0 Å². The fourth-order valence-electron chi connectivity index (χ4n) is 1.68. The van der Waals surface area contributed by atoms with Gasteiger partial charge in [0.1, 0.15) is 0 Å². The van der Waals surface area contributed by atoms with Gasteiger partial charge in [-0.2, -0.15) is 0 Å². The van der Waals surface area contributed by atoms with Crippen LogP contribution in [0.2, 0.25) is 10.0 Å². The second kappa shape index (κ2) is 9.18. The van der Waals surface area contributed by atoms with Crippen molar-refractivity contribution in [2.45, 2.75) is 37.1 Å². The Balaban J connectivity index is 2.33. The lowest BCUT2D eigenvalue weighted by Gasteiger charge is -2.13. The Labute approximate surface area is 138 Å². The number of carbonyl (C=O) groups is 2. The smallest absolute Gasteiger partial charge is 0.303 e. The van der Waals surface area contributed by atoms with Crippen LogP contribution in [0, 0.1) is 0 Å². The maximum atomic E-state index is 11.8. The van der Waals surface area contributed by atoms with Gasteiger partial charge >= 0.3 is 5.97 Å². The van der Waals surface area contributed by atoms with E-state index >= 15 is 0 Å². The van der Waals surface area contributed by atoms with Crippen LogP contribution in [0.3, 0.4) is 0 Å². The Hall–Kier alpha value is -0.910. The van der Waals surface area contributed by atoms with Gasteiger partial charge in [-0.3, -0.25) is 9.59 Å². The zero-order chi connectivity index (χ0) is 15.8. The molecule has 0 radical (unpaired) electrons. The van der Waals surface area contributed by atoms with Crippen LogP contribution in [0.15, 0.2) is 23.1 Å². The molecule has 0 aliphatic carbocycles. The van der Waals surface area contributed by atoms with Crippen molar-refractivity contribution in [3.63, 3.8) is 0 Å². The van der Waals surface area contributed by atoms with Crippen LogP contribution < -0.4 is 5.32 Å². The normalized spacial score (nSPS) is 12.0. The molecule has 1 unspecified atom stereocenters. The van der Waals surface area contributed by atoms with Gasteiger partial charge in [0.05, 0.1) is 10.8 Å². The third kappa shape index (κ3) is 7.60. The van der Waals surface area contributed by atoms with E-state index in [1.807, 2.05) is 6.92 Å². The van der Waals surface area contributed by atoms with Crippen molar-refractivity contribution in [1.82, 2.24) is 5.32 Å². The number of carbonyl (C=O) groups excluding carboxylic acids is 1. The minimum absolute atomic E-state index is 0.0488. The summed E-state index contributed by atoms with van der Waals surface area (Å²) in [5.74, 6) is -0.692. The minimum Gasteiger partial charge on any atom is -0.481 e. The van der Waals surface area contributed by atoms with E-state index in [0.717, 1.165) is 4.90 Å². The van der Waals surface area contributed by atoms with Crippen molar-refractivity contribution in [2.24, 2.45) is 0 Å². The summed E-state index contributed by atoms with van der Waals surface area (Å²) < 4.78 is 0. The number of amides is 1. The first-order valence-electron chi connectivity index (χ1n) is 6.47. The maximum Gasteiger partial charge on any atom is 0.303 e. The monoisotopic (exact) mass is 349 g/mol. The molecule has 1 aromatic rings. The van der Waals surface area contributed by atoms with E-state index < -0.39 is 5.97 Å². The van der Waals surface area contributed by atoms with Gasteiger partial charge in [-0.15, -0.1) is 11.8 Å². The van der Waals surface area contributed by atoms with E-state index in [0.29, 0.717) is 22.9 Å². The number of aliphatic carboxylic acids is 1. The van der Waals surface area contributed by atoms with Crippen molar-refractivity contribution >= 4 is 46.8 Å². The highest BCUT2D eigenvalue weighted by molar-refractivity contribution is 8.00. The molecule has 0 bridgehead atoms. The summed E-state index contributed by atoms with van der Waals surface area (Å²) in [5.41, 5.74) is 0. The highest BCUT2D eigenvalue weighted by Gasteiger charge is 2.10. The van der Waals surface area contributed by atoms with Gasteiger partial charge in [0.2, 0.25) is 5.91 Å². The molecule has 4 nitrogen and oxygen atoms in total. The van der Waals surface area contributed by atoms with Crippen molar-refractivity contribution in [3.05, 3.63) is 28.2 Å². The summed E-state index contributed by atoms with van der Waals surface area (Å²) >= 11 is 13.2. The molecular formula is C14H17Cl2NO3S. The Kier molecular flexibility index (Phi) is 7.93. The van der Waals surface area contributed by atoms with Crippen LogP contribution >= 0.6 is 35.0 Å². The Morgan fingerprint density at radius 2 is 2.10 bits per heavy atom. The molecule has 2 N–H and O–H groups in total. The van der Waals surface area contributed by atoms with E-state index in [4.69, 9.17) is 28.3 Å². The highest BCUT2D eigenvalue weighted by atomic mass is 35.5. The quantitative estimate of drug-likeness (QED) is 0.699. The summed E-state index contributed by atoms with van der Waals surface area (Å²) in [6.45, 7) is 1.86. The highest BCUT2D eigenvalue weighted by Crippen LogP contribution is 2.29. The lowest BCUT2D eigenvalue weighted by atomic mass is 10.1. The molecule has 1 aromatic carbocycles. The summed E-state index contributed by atoms with van der Waals surface area (Å²) in [6, 6.07) is 5.06. The van der Waals surface area contributed by atoms with Gasteiger partial charge in [-0.05, 0) is 38.0 Å². The molecule has 21 heavy (non-hydrogen) atoms.